The standard InChI is InChI=1S/C25H30BrN5O3/c1-30(2)24(33)18-14-22(31(15-18)25(34)29-20-7-4-19(26)5-8-20)23(32)28-21-6-3-16-9-11-27-12-10-17(16)13-21/h3-8,13,18,22,27H,9-12,14-15H2,1-2H3,(H,28,32)(H,29,34). The fourth-order valence-electron chi connectivity index (χ4n) is 4.56. The zero-order chi connectivity index (χ0) is 24.2. The maximum absolute atomic E-state index is 13.3. The summed E-state index contributed by atoms with van der Waals surface area (Å²) in [6.07, 6.45) is 2.15. The predicted octanol–water partition coefficient (Wildman–Crippen LogP) is 3.09. The zero-order valence-corrected chi connectivity index (χ0v) is 21.0. The highest BCUT2D eigenvalue weighted by Crippen LogP contribution is 2.28. The van der Waals surface area contributed by atoms with Crippen LogP contribution in [0.5, 0.6) is 0 Å². The summed E-state index contributed by atoms with van der Waals surface area (Å²) in [6.45, 7) is 2.04. The van der Waals surface area contributed by atoms with Gasteiger partial charge in [-0.15, -0.1) is 0 Å². The molecular weight excluding hydrogens is 498 g/mol. The van der Waals surface area contributed by atoms with Crippen molar-refractivity contribution in [3.8, 4) is 0 Å². The van der Waals surface area contributed by atoms with Crippen LogP contribution in [-0.2, 0) is 22.4 Å². The number of halogens is 1. The van der Waals surface area contributed by atoms with Gasteiger partial charge in [-0.3, -0.25) is 9.59 Å². The highest BCUT2D eigenvalue weighted by Gasteiger charge is 2.43. The molecule has 9 heteroatoms. The molecule has 1 saturated heterocycles. The Morgan fingerprint density at radius 1 is 0.971 bits per heavy atom. The van der Waals surface area contributed by atoms with Crippen molar-refractivity contribution < 1.29 is 14.4 Å². The van der Waals surface area contributed by atoms with Gasteiger partial charge in [0.1, 0.15) is 6.04 Å². The third kappa shape index (κ3) is 5.59. The highest BCUT2D eigenvalue weighted by molar-refractivity contribution is 9.10. The molecule has 4 rings (SSSR count). The number of likely N-dealkylation sites (tertiary alicyclic amines) is 1. The van der Waals surface area contributed by atoms with Gasteiger partial charge in [0, 0.05) is 36.5 Å². The van der Waals surface area contributed by atoms with Crippen LogP contribution in [0.3, 0.4) is 0 Å². The molecular formula is C25H30BrN5O3. The van der Waals surface area contributed by atoms with E-state index < -0.39 is 18.0 Å². The normalized spacial score (nSPS) is 19.7. The van der Waals surface area contributed by atoms with Crippen molar-refractivity contribution >= 4 is 45.2 Å². The van der Waals surface area contributed by atoms with Crippen LogP contribution in [0.2, 0.25) is 0 Å². The van der Waals surface area contributed by atoms with Crippen molar-refractivity contribution in [1.82, 2.24) is 15.1 Å². The number of nitrogens with zero attached hydrogens (tertiary/aromatic N) is 2. The Morgan fingerprint density at radius 2 is 1.65 bits per heavy atom. The number of fused-ring (bicyclic) bond motifs is 1. The first kappa shape index (κ1) is 24.2. The molecule has 8 nitrogen and oxygen atoms in total. The van der Waals surface area contributed by atoms with Gasteiger partial charge in [0.15, 0.2) is 0 Å². The average Bonchev–Trinajstić information content (AvgIpc) is 3.13. The lowest BCUT2D eigenvalue weighted by Gasteiger charge is -2.24. The van der Waals surface area contributed by atoms with Crippen LogP contribution in [-0.4, -0.2) is 67.4 Å². The number of carbonyl (C=O) groups is 3. The van der Waals surface area contributed by atoms with Crippen molar-refractivity contribution in [3.63, 3.8) is 0 Å². The highest BCUT2D eigenvalue weighted by atomic mass is 79.9. The number of rotatable bonds is 4. The van der Waals surface area contributed by atoms with Crippen molar-refractivity contribution in [2.24, 2.45) is 5.92 Å². The number of benzene rings is 2. The molecule has 180 valence electrons. The second-order valence-electron chi connectivity index (χ2n) is 8.99. The van der Waals surface area contributed by atoms with Crippen molar-refractivity contribution in [3.05, 3.63) is 58.1 Å². The third-order valence-corrected chi connectivity index (χ3v) is 6.89. The summed E-state index contributed by atoms with van der Waals surface area (Å²) in [5, 5.41) is 9.23. The van der Waals surface area contributed by atoms with E-state index in [4.69, 9.17) is 0 Å². The molecule has 2 heterocycles. The van der Waals surface area contributed by atoms with E-state index in [0.717, 1.165) is 30.4 Å². The van der Waals surface area contributed by atoms with Crippen LogP contribution in [0, 0.1) is 5.92 Å². The Kier molecular flexibility index (Phi) is 7.53. The molecule has 2 aliphatic rings. The molecule has 1 fully saturated rings. The van der Waals surface area contributed by atoms with Crippen LogP contribution in [0.15, 0.2) is 46.9 Å². The summed E-state index contributed by atoms with van der Waals surface area (Å²) in [4.78, 5) is 42.1. The summed E-state index contributed by atoms with van der Waals surface area (Å²) in [5.74, 6) is -0.805. The van der Waals surface area contributed by atoms with E-state index in [0.29, 0.717) is 11.4 Å². The fourth-order valence-corrected chi connectivity index (χ4v) is 4.82. The van der Waals surface area contributed by atoms with E-state index in [9.17, 15) is 14.4 Å². The van der Waals surface area contributed by atoms with E-state index in [-0.39, 0.29) is 24.8 Å². The van der Waals surface area contributed by atoms with Crippen molar-refractivity contribution in [2.75, 3.05) is 44.4 Å². The summed E-state index contributed by atoms with van der Waals surface area (Å²) in [5.41, 5.74) is 3.84. The Bertz CT molecular complexity index is 1070. The zero-order valence-electron chi connectivity index (χ0n) is 19.4. The molecule has 0 spiro atoms. The SMILES string of the molecule is CN(C)C(=O)C1CC(C(=O)Nc2ccc3c(c2)CCNCC3)N(C(=O)Nc2ccc(Br)cc2)C1. The first-order valence-electron chi connectivity index (χ1n) is 11.5. The number of amides is 4. The molecule has 0 bridgehead atoms. The van der Waals surface area contributed by atoms with Crippen LogP contribution in [0.1, 0.15) is 17.5 Å². The molecule has 2 unspecified atom stereocenters. The molecule has 3 N–H and O–H groups in total. The molecule has 0 saturated carbocycles. The molecule has 0 radical (unpaired) electrons. The lowest BCUT2D eigenvalue weighted by Crippen LogP contribution is -2.45. The number of nitrogens with one attached hydrogen (secondary N) is 3. The van der Waals surface area contributed by atoms with Gasteiger partial charge < -0.3 is 25.8 Å². The fraction of sp³-hybridized carbons (Fsp3) is 0.400. The minimum absolute atomic E-state index is 0.0886. The van der Waals surface area contributed by atoms with Gasteiger partial charge in [-0.2, -0.15) is 0 Å². The topological polar surface area (TPSA) is 93.8 Å². The minimum atomic E-state index is -0.746. The molecule has 0 aliphatic carbocycles. The Balaban J connectivity index is 1.51. The van der Waals surface area contributed by atoms with Gasteiger partial charge >= 0.3 is 6.03 Å². The van der Waals surface area contributed by atoms with Crippen LogP contribution in [0.4, 0.5) is 16.2 Å². The van der Waals surface area contributed by atoms with Crippen LogP contribution in [0.25, 0.3) is 0 Å². The number of hydrogen-bond donors (Lipinski definition) is 3. The summed E-state index contributed by atoms with van der Waals surface area (Å²) < 4.78 is 0.900. The Hall–Kier alpha value is -2.91. The lowest BCUT2D eigenvalue weighted by molar-refractivity contribution is -0.132. The maximum Gasteiger partial charge on any atom is 0.322 e. The molecule has 34 heavy (non-hydrogen) atoms. The van der Waals surface area contributed by atoms with Crippen molar-refractivity contribution in [2.45, 2.75) is 25.3 Å². The number of hydrogen-bond acceptors (Lipinski definition) is 4. The number of anilines is 2. The second kappa shape index (κ2) is 10.6. The molecule has 2 aromatic rings. The third-order valence-electron chi connectivity index (χ3n) is 6.37. The van der Waals surface area contributed by atoms with E-state index in [1.807, 2.05) is 24.3 Å². The molecule has 0 aromatic heterocycles. The van der Waals surface area contributed by atoms with E-state index in [2.05, 4.69) is 37.9 Å². The van der Waals surface area contributed by atoms with Gasteiger partial charge in [0.05, 0.1) is 5.92 Å². The lowest BCUT2D eigenvalue weighted by atomic mass is 10.0. The molecule has 2 aliphatic heterocycles. The van der Waals surface area contributed by atoms with Gasteiger partial charge in [-0.1, -0.05) is 22.0 Å². The summed E-state index contributed by atoms with van der Waals surface area (Å²) in [7, 11) is 3.37. The first-order chi connectivity index (χ1) is 16.3. The van der Waals surface area contributed by atoms with Gasteiger partial charge in [0.25, 0.3) is 0 Å². The van der Waals surface area contributed by atoms with Gasteiger partial charge in [0.2, 0.25) is 11.8 Å². The van der Waals surface area contributed by atoms with E-state index >= 15 is 0 Å². The van der Waals surface area contributed by atoms with E-state index in [1.54, 1.807) is 26.2 Å². The Morgan fingerprint density at radius 3 is 2.35 bits per heavy atom. The quantitative estimate of drug-likeness (QED) is 0.569. The predicted molar refractivity (Wildman–Crippen MR) is 136 cm³/mol. The average molecular weight is 528 g/mol. The van der Waals surface area contributed by atoms with Gasteiger partial charge in [-0.05, 0) is 79.9 Å². The summed E-state index contributed by atoms with van der Waals surface area (Å²) >= 11 is 3.38. The van der Waals surface area contributed by atoms with Crippen LogP contribution < -0.4 is 16.0 Å². The van der Waals surface area contributed by atoms with Crippen molar-refractivity contribution in [1.29, 1.82) is 0 Å². The Labute approximate surface area is 208 Å². The first-order valence-corrected chi connectivity index (χ1v) is 12.3. The smallest absolute Gasteiger partial charge is 0.322 e. The second-order valence-corrected chi connectivity index (χ2v) is 9.91. The largest absolute Gasteiger partial charge is 0.349 e. The minimum Gasteiger partial charge on any atom is -0.349 e. The molecule has 4 amide bonds. The molecule has 2 atom stereocenters. The van der Waals surface area contributed by atoms with Crippen LogP contribution >= 0.6 is 15.9 Å². The number of urea groups is 1. The maximum atomic E-state index is 13.3. The monoisotopic (exact) mass is 527 g/mol. The number of carbonyl (C=O) groups excluding carboxylic acids is 3. The van der Waals surface area contributed by atoms with Gasteiger partial charge in [-0.25, -0.2) is 4.79 Å². The molecule has 2 aromatic carbocycles. The summed E-state index contributed by atoms with van der Waals surface area (Å²) in [6, 6.07) is 12.1. The van der Waals surface area contributed by atoms with E-state index in [1.165, 1.54) is 20.9 Å².